The lowest BCUT2D eigenvalue weighted by atomic mass is 10.1. The summed E-state index contributed by atoms with van der Waals surface area (Å²) < 4.78 is 0. The zero-order valence-electron chi connectivity index (χ0n) is 7.86. The fraction of sp³-hybridized carbons (Fsp3) is 0.556. The number of nitrogens with two attached hydrogens (primary N) is 1. The molecule has 64 valence electrons. The van der Waals surface area contributed by atoms with Gasteiger partial charge in [-0.15, -0.1) is 0 Å². The Bertz CT molecular complexity index is 172. The van der Waals surface area contributed by atoms with Crippen LogP contribution < -0.4 is 11.1 Å². The molecule has 2 heteroatoms. The average molecular weight is 154 g/mol. The van der Waals surface area contributed by atoms with Crippen LogP contribution in [0.1, 0.15) is 27.7 Å². The first-order valence-corrected chi connectivity index (χ1v) is 3.72. The maximum absolute atomic E-state index is 5.65. The van der Waals surface area contributed by atoms with Crippen molar-refractivity contribution in [1.82, 2.24) is 5.32 Å². The third-order valence-electron chi connectivity index (χ3n) is 0.921. The first-order chi connectivity index (χ1) is 4.81. The monoisotopic (exact) mass is 154 g/mol. The molecule has 0 amide bonds. The first-order valence-electron chi connectivity index (χ1n) is 3.72. The largest absolute Gasteiger partial charge is 0.386 e. The highest BCUT2D eigenvalue weighted by Gasteiger charge is 2.08. The summed E-state index contributed by atoms with van der Waals surface area (Å²) in [4.78, 5) is 0. The van der Waals surface area contributed by atoms with Gasteiger partial charge in [0.05, 0.1) is 5.82 Å². The van der Waals surface area contributed by atoms with Gasteiger partial charge in [0.25, 0.3) is 0 Å². The SMILES string of the molecule is C=C(C)/C=C(/N)NC(C)(C)C. The van der Waals surface area contributed by atoms with Gasteiger partial charge in [0, 0.05) is 5.54 Å². The third-order valence-corrected chi connectivity index (χ3v) is 0.921. The predicted molar refractivity (Wildman–Crippen MR) is 50.0 cm³/mol. The van der Waals surface area contributed by atoms with E-state index >= 15 is 0 Å². The maximum atomic E-state index is 5.65. The van der Waals surface area contributed by atoms with Crippen molar-refractivity contribution in [1.29, 1.82) is 0 Å². The lowest BCUT2D eigenvalue weighted by molar-refractivity contribution is 0.470. The number of nitrogens with one attached hydrogen (secondary N) is 1. The normalized spacial score (nSPS) is 12.9. The Morgan fingerprint density at radius 3 is 2.18 bits per heavy atom. The molecule has 2 nitrogen and oxygen atoms in total. The Morgan fingerprint density at radius 2 is 1.91 bits per heavy atom. The van der Waals surface area contributed by atoms with Crippen LogP contribution in [0.3, 0.4) is 0 Å². The summed E-state index contributed by atoms with van der Waals surface area (Å²) in [6.07, 6.45) is 1.82. The molecule has 0 heterocycles. The second kappa shape index (κ2) is 3.46. The van der Waals surface area contributed by atoms with Crippen LogP contribution in [0.5, 0.6) is 0 Å². The van der Waals surface area contributed by atoms with Crippen molar-refractivity contribution >= 4 is 0 Å². The lowest BCUT2D eigenvalue weighted by Crippen LogP contribution is -2.37. The smallest absolute Gasteiger partial charge is 0.0966 e. The molecule has 0 bridgehead atoms. The van der Waals surface area contributed by atoms with Crippen molar-refractivity contribution < 1.29 is 0 Å². The quantitative estimate of drug-likeness (QED) is 0.595. The van der Waals surface area contributed by atoms with E-state index in [9.17, 15) is 0 Å². The van der Waals surface area contributed by atoms with E-state index in [1.165, 1.54) is 0 Å². The van der Waals surface area contributed by atoms with Crippen molar-refractivity contribution in [3.8, 4) is 0 Å². The minimum atomic E-state index is 0.0238. The molecule has 0 atom stereocenters. The van der Waals surface area contributed by atoms with Crippen molar-refractivity contribution in [2.45, 2.75) is 33.2 Å². The van der Waals surface area contributed by atoms with Gasteiger partial charge in [-0.3, -0.25) is 0 Å². The minimum absolute atomic E-state index is 0.0238. The molecule has 0 radical (unpaired) electrons. The number of hydrogen-bond donors (Lipinski definition) is 2. The molecule has 3 N–H and O–H groups in total. The van der Waals surface area contributed by atoms with Gasteiger partial charge < -0.3 is 11.1 Å². The van der Waals surface area contributed by atoms with Crippen LogP contribution in [0.4, 0.5) is 0 Å². The Kier molecular flexibility index (Phi) is 3.18. The first kappa shape index (κ1) is 10.1. The van der Waals surface area contributed by atoms with E-state index in [0.29, 0.717) is 5.82 Å². The maximum Gasteiger partial charge on any atom is 0.0966 e. The van der Waals surface area contributed by atoms with E-state index in [4.69, 9.17) is 5.73 Å². The molecule has 0 saturated heterocycles. The van der Waals surface area contributed by atoms with Crippen molar-refractivity contribution in [3.63, 3.8) is 0 Å². The Labute approximate surface area is 69.2 Å². The molecule has 0 aliphatic carbocycles. The highest BCUT2D eigenvalue weighted by atomic mass is 15.0. The number of rotatable bonds is 2. The van der Waals surface area contributed by atoms with Crippen LogP contribution in [-0.4, -0.2) is 5.54 Å². The summed E-state index contributed by atoms with van der Waals surface area (Å²) in [6.45, 7) is 11.8. The summed E-state index contributed by atoms with van der Waals surface area (Å²) in [5.74, 6) is 0.671. The standard InChI is InChI=1S/C9H18N2/c1-7(2)6-8(10)11-9(3,4)5/h6,11H,1,10H2,2-5H3/b8-6-. The molecule has 0 aromatic rings. The molecule has 0 aliphatic rings. The van der Waals surface area contributed by atoms with Crippen molar-refractivity contribution in [3.05, 3.63) is 24.0 Å². The summed E-state index contributed by atoms with van der Waals surface area (Å²) in [7, 11) is 0. The van der Waals surface area contributed by atoms with Crippen LogP contribution >= 0.6 is 0 Å². The van der Waals surface area contributed by atoms with E-state index in [0.717, 1.165) is 5.57 Å². The fourth-order valence-corrected chi connectivity index (χ4v) is 0.735. The van der Waals surface area contributed by atoms with E-state index in [1.54, 1.807) is 0 Å². The fourth-order valence-electron chi connectivity index (χ4n) is 0.735. The highest BCUT2D eigenvalue weighted by molar-refractivity contribution is 5.16. The van der Waals surface area contributed by atoms with Crippen molar-refractivity contribution in [2.75, 3.05) is 0 Å². The van der Waals surface area contributed by atoms with Gasteiger partial charge in [0.2, 0.25) is 0 Å². The Morgan fingerprint density at radius 1 is 1.45 bits per heavy atom. The zero-order chi connectivity index (χ0) is 9.07. The molecule has 0 aliphatic heterocycles. The molecule has 0 spiro atoms. The highest BCUT2D eigenvalue weighted by Crippen LogP contribution is 2.01. The molecule has 0 saturated carbocycles. The van der Waals surface area contributed by atoms with Crippen molar-refractivity contribution in [2.24, 2.45) is 5.73 Å². The van der Waals surface area contributed by atoms with Gasteiger partial charge in [-0.25, -0.2) is 0 Å². The summed E-state index contributed by atoms with van der Waals surface area (Å²) in [5, 5.41) is 3.13. The molecule has 0 unspecified atom stereocenters. The topological polar surface area (TPSA) is 38.0 Å². The van der Waals surface area contributed by atoms with Gasteiger partial charge in [-0.1, -0.05) is 12.2 Å². The number of allylic oxidation sites excluding steroid dienone is 2. The summed E-state index contributed by atoms with van der Waals surface area (Å²) in [6, 6.07) is 0. The molecular formula is C9H18N2. The van der Waals surface area contributed by atoms with E-state index < -0.39 is 0 Å². The van der Waals surface area contributed by atoms with Gasteiger partial charge >= 0.3 is 0 Å². The van der Waals surface area contributed by atoms with Gasteiger partial charge in [0.15, 0.2) is 0 Å². The Balaban J connectivity index is 4.07. The molecule has 0 rings (SSSR count). The van der Waals surface area contributed by atoms with Crippen LogP contribution in [-0.2, 0) is 0 Å². The van der Waals surface area contributed by atoms with Crippen LogP contribution in [0.15, 0.2) is 24.0 Å². The summed E-state index contributed by atoms with van der Waals surface area (Å²) >= 11 is 0. The molecule has 0 fully saturated rings. The van der Waals surface area contributed by atoms with Crippen LogP contribution in [0.25, 0.3) is 0 Å². The minimum Gasteiger partial charge on any atom is -0.386 e. The number of hydrogen-bond acceptors (Lipinski definition) is 2. The molecule has 11 heavy (non-hydrogen) atoms. The van der Waals surface area contributed by atoms with E-state index in [2.05, 4.69) is 32.7 Å². The second-order valence-electron chi connectivity index (χ2n) is 3.82. The second-order valence-corrected chi connectivity index (χ2v) is 3.82. The van der Waals surface area contributed by atoms with Crippen LogP contribution in [0, 0.1) is 0 Å². The molecular weight excluding hydrogens is 136 g/mol. The van der Waals surface area contributed by atoms with Gasteiger partial charge in [0.1, 0.15) is 0 Å². The lowest BCUT2D eigenvalue weighted by Gasteiger charge is -2.21. The third kappa shape index (κ3) is 6.97. The van der Waals surface area contributed by atoms with Gasteiger partial charge in [-0.05, 0) is 33.8 Å². The van der Waals surface area contributed by atoms with Gasteiger partial charge in [-0.2, -0.15) is 0 Å². The van der Waals surface area contributed by atoms with Crippen LogP contribution in [0.2, 0.25) is 0 Å². The Hall–Kier alpha value is -0.920. The van der Waals surface area contributed by atoms with E-state index in [-0.39, 0.29) is 5.54 Å². The van der Waals surface area contributed by atoms with E-state index in [1.807, 2.05) is 13.0 Å². The average Bonchev–Trinajstić information content (AvgIpc) is 1.53. The molecule has 0 aromatic carbocycles. The molecule has 0 aromatic heterocycles. The zero-order valence-corrected chi connectivity index (χ0v) is 7.86. The predicted octanol–water partition coefficient (Wildman–Crippen LogP) is 1.75. The summed E-state index contributed by atoms with van der Waals surface area (Å²) in [5.41, 5.74) is 6.63.